The van der Waals surface area contributed by atoms with E-state index >= 15 is 0 Å². The smallest absolute Gasteiger partial charge is 0.235 e. The predicted molar refractivity (Wildman–Crippen MR) is 141 cm³/mol. The summed E-state index contributed by atoms with van der Waals surface area (Å²) >= 11 is 0. The molecule has 10 heteroatoms. The van der Waals surface area contributed by atoms with Crippen LogP contribution in [-0.4, -0.2) is 55.5 Å². The van der Waals surface area contributed by atoms with Gasteiger partial charge in [-0.1, -0.05) is 0 Å². The van der Waals surface area contributed by atoms with Gasteiger partial charge in [0, 0.05) is 36.8 Å². The van der Waals surface area contributed by atoms with Gasteiger partial charge in [-0.15, -0.1) is 0 Å². The van der Waals surface area contributed by atoms with Crippen LogP contribution in [0.25, 0.3) is 0 Å². The Bertz CT molecular complexity index is 1240. The largest absolute Gasteiger partial charge is 0.497 e. The van der Waals surface area contributed by atoms with E-state index < -0.39 is 0 Å². The van der Waals surface area contributed by atoms with Crippen molar-refractivity contribution in [2.75, 3.05) is 38.1 Å². The minimum atomic E-state index is -0.389. The summed E-state index contributed by atoms with van der Waals surface area (Å²) in [7, 11) is 3.33. The van der Waals surface area contributed by atoms with Gasteiger partial charge in [-0.3, -0.25) is 10.2 Å². The summed E-state index contributed by atoms with van der Waals surface area (Å²) < 4.78 is 16.6. The minimum absolute atomic E-state index is 0.0419. The van der Waals surface area contributed by atoms with Crippen molar-refractivity contribution < 1.29 is 19.0 Å². The molecule has 10 nitrogen and oxygen atoms in total. The number of rotatable bonds is 6. The number of hydrazine groups is 1. The lowest BCUT2D eigenvalue weighted by Gasteiger charge is -2.34. The van der Waals surface area contributed by atoms with Crippen molar-refractivity contribution in [2.24, 2.45) is 17.8 Å². The van der Waals surface area contributed by atoms with Crippen LogP contribution in [0.4, 0.5) is 11.5 Å². The van der Waals surface area contributed by atoms with Gasteiger partial charge in [-0.2, -0.15) is 0 Å². The van der Waals surface area contributed by atoms with E-state index in [0.29, 0.717) is 35.5 Å². The van der Waals surface area contributed by atoms with Gasteiger partial charge in [0.15, 0.2) is 11.6 Å². The number of hydrogen-bond acceptors (Lipinski definition) is 9. The summed E-state index contributed by atoms with van der Waals surface area (Å²) in [6.07, 6.45) is 7.86. The zero-order valence-corrected chi connectivity index (χ0v) is 22.0. The topological polar surface area (TPSA) is 119 Å². The highest BCUT2D eigenvalue weighted by atomic mass is 16.5. The van der Waals surface area contributed by atoms with Gasteiger partial charge in [0.2, 0.25) is 5.91 Å². The molecule has 2 saturated carbocycles. The van der Waals surface area contributed by atoms with Gasteiger partial charge < -0.3 is 24.8 Å². The second-order valence-electron chi connectivity index (χ2n) is 11.4. The van der Waals surface area contributed by atoms with Crippen LogP contribution in [0.1, 0.15) is 55.8 Å². The molecule has 202 valence electrons. The number of benzene rings is 1. The Hall–Kier alpha value is -2.95. The van der Waals surface area contributed by atoms with Crippen molar-refractivity contribution in [3.8, 4) is 11.5 Å². The fourth-order valence-electron chi connectivity index (χ4n) is 7.45. The van der Waals surface area contributed by atoms with Crippen LogP contribution in [-0.2, 0) is 14.9 Å². The monoisotopic (exact) mass is 520 g/mol. The molecule has 4 heterocycles. The van der Waals surface area contributed by atoms with Crippen LogP contribution in [0.5, 0.6) is 11.5 Å². The van der Waals surface area contributed by atoms with Gasteiger partial charge in [0.1, 0.15) is 11.6 Å². The molecule has 1 amide bonds. The standard InChI is InChI=1S/C28H36N6O4/c1-36-17-4-6-21-19(12-17)28(27(35)30-21)13-20(28)16-3-5-18-22(11-16)33-34-25(18)32-26-23(37-2)14-29-24(31-26)15-7-9-38-10-8-15/h4,6,12,14-16,18,20,22,25,33-34H,3,5,7-11,13H2,1-2H3,(H,30,35)(H,29,31,32)/t16?,18?,20-,22?,25?,28-/m0/s1. The summed E-state index contributed by atoms with van der Waals surface area (Å²) in [5.74, 6) is 4.81. The number of amides is 1. The normalized spacial score (nSPS) is 33.9. The van der Waals surface area contributed by atoms with Gasteiger partial charge in [0.25, 0.3) is 0 Å². The molecule has 0 radical (unpaired) electrons. The lowest BCUT2D eigenvalue weighted by molar-refractivity contribution is -0.118. The van der Waals surface area contributed by atoms with Crippen molar-refractivity contribution >= 4 is 17.4 Å². The van der Waals surface area contributed by atoms with E-state index in [4.69, 9.17) is 19.2 Å². The summed E-state index contributed by atoms with van der Waals surface area (Å²) in [6.45, 7) is 1.51. The molecular weight excluding hydrogens is 484 g/mol. The van der Waals surface area contributed by atoms with Crippen molar-refractivity contribution in [1.82, 2.24) is 20.8 Å². The van der Waals surface area contributed by atoms with Crippen LogP contribution >= 0.6 is 0 Å². The SMILES string of the molecule is COc1ccc2c(c1)[C@]1(C[C@H]1C1CCC3C(C1)NNC3Nc1nc(C3CCOCC3)ncc1OC)C(=O)N2. The predicted octanol–water partition coefficient (Wildman–Crippen LogP) is 2.93. The summed E-state index contributed by atoms with van der Waals surface area (Å²) in [5, 5.41) is 6.75. The number of carbonyl (C=O) groups excluding carboxylic acids is 1. The third-order valence-electron chi connectivity index (χ3n) is 9.61. The number of hydrogen-bond donors (Lipinski definition) is 4. The zero-order chi connectivity index (χ0) is 25.9. The van der Waals surface area contributed by atoms with Gasteiger partial charge in [-0.05, 0) is 74.1 Å². The number of nitrogens with zero attached hydrogens (tertiary/aromatic N) is 2. The Morgan fingerprint density at radius 2 is 1.97 bits per heavy atom. The highest BCUT2D eigenvalue weighted by Gasteiger charge is 2.67. The Morgan fingerprint density at radius 3 is 2.79 bits per heavy atom. The highest BCUT2D eigenvalue weighted by Crippen LogP contribution is 2.65. The number of fused-ring (bicyclic) bond motifs is 3. The van der Waals surface area contributed by atoms with Crippen molar-refractivity contribution in [3.05, 3.63) is 35.8 Å². The first-order valence-corrected chi connectivity index (χ1v) is 13.9. The molecule has 4 fully saturated rings. The first-order chi connectivity index (χ1) is 18.6. The zero-order valence-electron chi connectivity index (χ0n) is 22.0. The first kappa shape index (κ1) is 24.1. The van der Waals surface area contributed by atoms with Gasteiger partial charge in [0.05, 0.1) is 32.0 Å². The molecule has 1 aromatic carbocycles. The maximum absolute atomic E-state index is 13.1. The van der Waals surface area contributed by atoms with E-state index in [-0.39, 0.29) is 17.5 Å². The van der Waals surface area contributed by atoms with Crippen molar-refractivity contribution in [2.45, 2.75) is 62.1 Å². The number of nitrogens with one attached hydrogen (secondary N) is 4. The second kappa shape index (κ2) is 9.36. The van der Waals surface area contributed by atoms with Crippen molar-refractivity contribution in [3.63, 3.8) is 0 Å². The molecule has 5 aliphatic rings. The third-order valence-corrected chi connectivity index (χ3v) is 9.61. The molecule has 1 spiro atoms. The highest BCUT2D eigenvalue weighted by molar-refractivity contribution is 6.09. The van der Waals surface area contributed by atoms with E-state index in [1.807, 2.05) is 12.1 Å². The Labute approximate surface area is 222 Å². The van der Waals surface area contributed by atoms with Gasteiger partial charge >= 0.3 is 0 Å². The summed E-state index contributed by atoms with van der Waals surface area (Å²) in [5.41, 5.74) is 8.70. The van der Waals surface area contributed by atoms with Crippen LogP contribution in [0, 0.1) is 17.8 Å². The average Bonchev–Trinajstić information content (AvgIpc) is 3.51. The van der Waals surface area contributed by atoms with E-state index in [1.54, 1.807) is 20.4 Å². The average molecular weight is 521 g/mol. The molecular formula is C28H36N6O4. The Balaban J connectivity index is 1.04. The molecule has 1 aromatic heterocycles. The van der Waals surface area contributed by atoms with Crippen molar-refractivity contribution in [1.29, 1.82) is 0 Å². The second-order valence-corrected chi connectivity index (χ2v) is 11.4. The number of carbonyl (C=O) groups is 1. The molecule has 2 aliphatic carbocycles. The fourth-order valence-corrected chi connectivity index (χ4v) is 7.45. The van der Waals surface area contributed by atoms with Gasteiger partial charge in [-0.25, -0.2) is 15.4 Å². The summed E-state index contributed by atoms with van der Waals surface area (Å²) in [6, 6.07) is 6.28. The molecule has 6 atom stereocenters. The first-order valence-electron chi connectivity index (χ1n) is 13.9. The van der Waals surface area contributed by atoms with Crippen LogP contribution in [0.3, 0.4) is 0 Å². The lowest BCUT2D eigenvalue weighted by Crippen LogP contribution is -2.39. The minimum Gasteiger partial charge on any atom is -0.497 e. The molecule has 2 saturated heterocycles. The molecule has 0 bridgehead atoms. The van der Waals surface area contributed by atoms with E-state index in [9.17, 15) is 4.79 Å². The van der Waals surface area contributed by atoms with Crippen LogP contribution in [0.15, 0.2) is 24.4 Å². The number of ether oxygens (including phenoxy) is 3. The maximum Gasteiger partial charge on any atom is 0.235 e. The summed E-state index contributed by atoms with van der Waals surface area (Å²) in [4.78, 5) is 22.6. The Morgan fingerprint density at radius 1 is 1.11 bits per heavy atom. The molecule has 3 aliphatic heterocycles. The van der Waals surface area contributed by atoms with Crippen LogP contribution in [0.2, 0.25) is 0 Å². The van der Waals surface area contributed by atoms with E-state index in [2.05, 4.69) is 32.5 Å². The number of aromatic nitrogens is 2. The lowest BCUT2D eigenvalue weighted by atomic mass is 9.74. The molecule has 4 unspecified atom stereocenters. The van der Waals surface area contributed by atoms with Crippen LogP contribution < -0.4 is 31.0 Å². The molecule has 2 aromatic rings. The van der Waals surface area contributed by atoms with E-state index in [1.165, 1.54) is 0 Å². The Kier molecular flexibility index (Phi) is 5.94. The number of anilines is 2. The quantitative estimate of drug-likeness (QED) is 0.456. The maximum atomic E-state index is 13.1. The fraction of sp³-hybridized carbons (Fsp3) is 0.607. The number of methoxy groups -OCH3 is 2. The molecule has 38 heavy (non-hydrogen) atoms. The molecule has 4 N–H and O–H groups in total. The van der Waals surface area contributed by atoms with E-state index in [0.717, 1.165) is 80.4 Å². The third kappa shape index (κ3) is 3.84. The molecule has 7 rings (SSSR count).